The fraction of sp³-hybridized carbons (Fsp3) is 0. The van der Waals surface area contributed by atoms with E-state index in [9.17, 15) is 28.0 Å². The Bertz CT molecular complexity index is 857. The van der Waals surface area contributed by atoms with Gasteiger partial charge in [-0.25, -0.2) is 8.42 Å². The molecule has 0 aliphatic carbocycles. The third-order valence-electron chi connectivity index (χ3n) is 2.63. The first-order valence-electron chi connectivity index (χ1n) is 5.66. The number of halogens is 2. The number of phenols is 1. The summed E-state index contributed by atoms with van der Waals surface area (Å²) >= 11 is 5.65. The average molecular weight is 347 g/mol. The van der Waals surface area contributed by atoms with Crippen LogP contribution in [0, 0.1) is 15.9 Å². The van der Waals surface area contributed by atoms with Crippen LogP contribution in [0.5, 0.6) is 5.75 Å². The first-order valence-corrected chi connectivity index (χ1v) is 7.52. The van der Waals surface area contributed by atoms with Crippen molar-refractivity contribution in [1.82, 2.24) is 0 Å². The Morgan fingerprint density at radius 1 is 1.23 bits per heavy atom. The van der Waals surface area contributed by atoms with Crippen molar-refractivity contribution < 1.29 is 22.8 Å². The first kappa shape index (κ1) is 16.0. The molecule has 0 aliphatic heterocycles. The van der Waals surface area contributed by atoms with Crippen LogP contribution >= 0.6 is 11.6 Å². The topological polar surface area (TPSA) is 110 Å². The molecule has 0 saturated carbocycles. The standard InChI is InChI=1S/C12H8ClFN2O5S/c13-9-5-7(1-4-12(9)17)15-22(20,21)8-2-3-11(16(18)19)10(14)6-8/h1-6,15,17H. The molecule has 2 rings (SSSR count). The van der Waals surface area contributed by atoms with Gasteiger partial charge in [0, 0.05) is 12.1 Å². The van der Waals surface area contributed by atoms with E-state index in [1.165, 1.54) is 12.1 Å². The maximum Gasteiger partial charge on any atom is 0.304 e. The van der Waals surface area contributed by atoms with Gasteiger partial charge in [-0.1, -0.05) is 11.6 Å². The van der Waals surface area contributed by atoms with Gasteiger partial charge < -0.3 is 5.11 Å². The molecule has 116 valence electrons. The number of nitrogens with one attached hydrogen (secondary N) is 1. The second-order valence-electron chi connectivity index (χ2n) is 4.14. The van der Waals surface area contributed by atoms with Crippen LogP contribution in [0.25, 0.3) is 0 Å². The largest absolute Gasteiger partial charge is 0.506 e. The van der Waals surface area contributed by atoms with E-state index in [0.29, 0.717) is 6.07 Å². The number of sulfonamides is 1. The van der Waals surface area contributed by atoms with Crippen LogP contribution in [0.1, 0.15) is 0 Å². The number of hydrogen-bond acceptors (Lipinski definition) is 5. The quantitative estimate of drug-likeness (QED) is 0.502. The van der Waals surface area contributed by atoms with Gasteiger partial charge in [-0.2, -0.15) is 4.39 Å². The lowest BCUT2D eigenvalue weighted by molar-refractivity contribution is -0.387. The highest BCUT2D eigenvalue weighted by molar-refractivity contribution is 7.92. The van der Waals surface area contributed by atoms with E-state index in [4.69, 9.17) is 11.6 Å². The van der Waals surface area contributed by atoms with Crippen molar-refractivity contribution in [2.75, 3.05) is 4.72 Å². The second-order valence-corrected chi connectivity index (χ2v) is 6.23. The molecule has 0 unspecified atom stereocenters. The molecule has 0 aliphatic rings. The molecule has 2 N–H and O–H groups in total. The van der Waals surface area contributed by atoms with Crippen molar-refractivity contribution in [1.29, 1.82) is 0 Å². The molecule has 2 aromatic carbocycles. The van der Waals surface area contributed by atoms with Crippen molar-refractivity contribution in [2.45, 2.75) is 4.90 Å². The maximum atomic E-state index is 13.5. The molecular weight excluding hydrogens is 339 g/mol. The molecule has 7 nitrogen and oxygen atoms in total. The summed E-state index contributed by atoms with van der Waals surface area (Å²) in [6.45, 7) is 0. The predicted molar refractivity (Wildman–Crippen MR) is 77.0 cm³/mol. The monoisotopic (exact) mass is 346 g/mol. The van der Waals surface area contributed by atoms with Crippen molar-refractivity contribution in [3.05, 3.63) is 57.4 Å². The van der Waals surface area contributed by atoms with E-state index in [-0.39, 0.29) is 16.5 Å². The molecule has 22 heavy (non-hydrogen) atoms. The second kappa shape index (κ2) is 5.78. The number of rotatable bonds is 4. The van der Waals surface area contributed by atoms with Crippen LogP contribution in [-0.4, -0.2) is 18.4 Å². The van der Waals surface area contributed by atoms with Gasteiger partial charge in [-0.3, -0.25) is 14.8 Å². The van der Waals surface area contributed by atoms with Gasteiger partial charge in [0.25, 0.3) is 10.0 Å². The minimum Gasteiger partial charge on any atom is -0.506 e. The number of hydrogen-bond donors (Lipinski definition) is 2. The summed E-state index contributed by atoms with van der Waals surface area (Å²) in [5.41, 5.74) is -0.784. The lowest BCUT2D eigenvalue weighted by Gasteiger charge is -2.09. The van der Waals surface area contributed by atoms with Crippen LogP contribution in [0.3, 0.4) is 0 Å². The number of phenolic OH excluding ortho intramolecular Hbond substituents is 1. The van der Waals surface area contributed by atoms with E-state index in [1.807, 2.05) is 0 Å². The molecule has 0 radical (unpaired) electrons. The molecule has 0 aromatic heterocycles. The van der Waals surface area contributed by atoms with E-state index in [0.717, 1.165) is 18.2 Å². The third-order valence-corrected chi connectivity index (χ3v) is 4.31. The smallest absolute Gasteiger partial charge is 0.304 e. The summed E-state index contributed by atoms with van der Waals surface area (Å²) in [6, 6.07) is 5.80. The zero-order valence-corrected chi connectivity index (χ0v) is 12.2. The summed E-state index contributed by atoms with van der Waals surface area (Å²) in [6.07, 6.45) is 0. The molecule has 0 heterocycles. The van der Waals surface area contributed by atoms with Crippen molar-refractivity contribution in [2.24, 2.45) is 0 Å². The Hall–Kier alpha value is -2.39. The summed E-state index contributed by atoms with van der Waals surface area (Å²) in [4.78, 5) is 9.06. The molecule has 0 spiro atoms. The van der Waals surface area contributed by atoms with Gasteiger partial charge in [0.2, 0.25) is 5.82 Å². The molecule has 0 bridgehead atoms. The van der Waals surface area contributed by atoms with Gasteiger partial charge in [-0.15, -0.1) is 0 Å². The Kier molecular flexibility index (Phi) is 4.20. The average Bonchev–Trinajstić information content (AvgIpc) is 2.42. The number of aromatic hydroxyl groups is 1. The number of nitro benzene ring substituents is 1. The molecule has 2 aromatic rings. The highest BCUT2D eigenvalue weighted by Crippen LogP contribution is 2.28. The summed E-state index contributed by atoms with van der Waals surface area (Å²) < 4.78 is 39.8. The van der Waals surface area contributed by atoms with Crippen molar-refractivity contribution in [3.63, 3.8) is 0 Å². The van der Waals surface area contributed by atoms with Crippen molar-refractivity contribution >= 4 is 33.0 Å². The van der Waals surface area contributed by atoms with Crippen molar-refractivity contribution in [3.8, 4) is 5.75 Å². The summed E-state index contributed by atoms with van der Waals surface area (Å²) in [7, 11) is -4.16. The lowest BCUT2D eigenvalue weighted by atomic mass is 10.3. The zero-order chi connectivity index (χ0) is 16.5. The normalized spacial score (nSPS) is 11.2. The Morgan fingerprint density at radius 3 is 2.45 bits per heavy atom. The van der Waals surface area contributed by atoms with Crippen LogP contribution in [0.2, 0.25) is 5.02 Å². The van der Waals surface area contributed by atoms with Crippen LogP contribution < -0.4 is 4.72 Å². The molecule has 0 saturated heterocycles. The van der Waals surface area contributed by atoms with Gasteiger partial charge in [0.05, 0.1) is 20.5 Å². The van der Waals surface area contributed by atoms with Crippen LogP contribution in [0.15, 0.2) is 41.3 Å². The molecule has 0 atom stereocenters. The minimum absolute atomic E-state index is 0.0431. The lowest BCUT2D eigenvalue weighted by Crippen LogP contribution is -2.13. The molecule has 0 fully saturated rings. The van der Waals surface area contributed by atoms with E-state index < -0.39 is 31.3 Å². The fourth-order valence-corrected chi connectivity index (χ4v) is 2.83. The Balaban J connectivity index is 2.36. The van der Waals surface area contributed by atoms with Gasteiger partial charge in [-0.05, 0) is 24.3 Å². The summed E-state index contributed by atoms with van der Waals surface area (Å²) in [5, 5.41) is 19.7. The molecular formula is C12H8ClFN2O5S. The number of benzene rings is 2. The third kappa shape index (κ3) is 3.26. The number of nitro groups is 1. The van der Waals surface area contributed by atoms with Crippen LogP contribution in [-0.2, 0) is 10.0 Å². The minimum atomic E-state index is -4.16. The molecule has 0 amide bonds. The predicted octanol–water partition coefficient (Wildman–Crippen LogP) is 2.89. The van der Waals surface area contributed by atoms with Crippen LogP contribution in [0.4, 0.5) is 15.8 Å². The number of nitrogens with zero attached hydrogens (tertiary/aromatic N) is 1. The Labute approximate surface area is 129 Å². The maximum absolute atomic E-state index is 13.5. The highest BCUT2D eigenvalue weighted by atomic mass is 35.5. The first-order chi connectivity index (χ1) is 10.2. The van der Waals surface area contributed by atoms with Gasteiger partial charge in [0.15, 0.2) is 0 Å². The summed E-state index contributed by atoms with van der Waals surface area (Å²) in [5.74, 6) is -1.50. The fourth-order valence-electron chi connectivity index (χ4n) is 1.59. The molecule has 10 heteroatoms. The Morgan fingerprint density at radius 2 is 1.91 bits per heavy atom. The van der Waals surface area contributed by atoms with Gasteiger partial charge in [0.1, 0.15) is 5.75 Å². The van der Waals surface area contributed by atoms with Gasteiger partial charge >= 0.3 is 5.69 Å². The SMILES string of the molecule is O=[N+]([O-])c1ccc(S(=O)(=O)Nc2ccc(O)c(Cl)c2)cc1F. The number of anilines is 1. The van der Waals surface area contributed by atoms with E-state index in [2.05, 4.69) is 4.72 Å². The van der Waals surface area contributed by atoms with E-state index in [1.54, 1.807) is 0 Å². The zero-order valence-electron chi connectivity index (χ0n) is 10.7. The van der Waals surface area contributed by atoms with E-state index >= 15 is 0 Å². The highest BCUT2D eigenvalue weighted by Gasteiger charge is 2.21.